The van der Waals surface area contributed by atoms with Gasteiger partial charge in [0.05, 0.1) is 21.8 Å². The topological polar surface area (TPSA) is 69.6 Å². The zero-order chi connectivity index (χ0) is 14.7. The van der Waals surface area contributed by atoms with E-state index in [1.54, 1.807) is 16.8 Å². The number of anilines is 1. The van der Waals surface area contributed by atoms with Crippen LogP contribution < -0.4 is 5.73 Å². The van der Waals surface area contributed by atoms with Gasteiger partial charge in [0.25, 0.3) is 0 Å². The number of nitrogens with two attached hydrogens (primary N) is 1. The van der Waals surface area contributed by atoms with Crippen LogP contribution in [-0.2, 0) is 0 Å². The average Bonchev–Trinajstić information content (AvgIpc) is 2.91. The molecule has 0 saturated heterocycles. The van der Waals surface area contributed by atoms with Crippen LogP contribution in [0.4, 0.5) is 5.69 Å². The van der Waals surface area contributed by atoms with Crippen LogP contribution in [0, 0.1) is 0 Å². The first-order valence-corrected chi connectivity index (χ1v) is 7.33. The number of nitrogens with zero attached hydrogens (tertiary/aromatic N) is 4. The van der Waals surface area contributed by atoms with Crippen molar-refractivity contribution in [3.05, 3.63) is 22.2 Å². The summed E-state index contributed by atoms with van der Waals surface area (Å²) < 4.78 is 1.80. The summed E-state index contributed by atoms with van der Waals surface area (Å²) in [7, 11) is 0. The summed E-state index contributed by atoms with van der Waals surface area (Å²) in [6.07, 6.45) is 3.29. The van der Waals surface area contributed by atoms with Crippen molar-refractivity contribution < 1.29 is 0 Å². The van der Waals surface area contributed by atoms with E-state index in [0.29, 0.717) is 21.6 Å². The Morgan fingerprint density at radius 1 is 1.35 bits per heavy atom. The number of hydrogen-bond donors (Lipinski definition) is 1. The summed E-state index contributed by atoms with van der Waals surface area (Å²) in [4.78, 5) is 0. The molecule has 0 spiro atoms. The Labute approximate surface area is 128 Å². The van der Waals surface area contributed by atoms with Crippen molar-refractivity contribution in [2.24, 2.45) is 0 Å². The molecule has 1 atom stereocenters. The molecule has 1 aromatic heterocycles. The molecule has 1 unspecified atom stereocenters. The first kappa shape index (κ1) is 15.1. The van der Waals surface area contributed by atoms with Gasteiger partial charge in [-0.1, -0.05) is 43.0 Å². The molecule has 20 heavy (non-hydrogen) atoms. The van der Waals surface area contributed by atoms with Crippen molar-refractivity contribution in [1.29, 1.82) is 0 Å². The first-order chi connectivity index (χ1) is 9.54. The van der Waals surface area contributed by atoms with Crippen LogP contribution in [0.25, 0.3) is 11.4 Å². The highest BCUT2D eigenvalue weighted by atomic mass is 35.5. The SMILES string of the molecule is CCCCC(C)n1nnnc1-c1cc(N)c(Cl)c(Cl)c1. The van der Waals surface area contributed by atoms with Crippen molar-refractivity contribution in [3.8, 4) is 11.4 Å². The molecule has 0 aliphatic rings. The maximum Gasteiger partial charge on any atom is 0.182 e. The van der Waals surface area contributed by atoms with Crippen LogP contribution in [0.1, 0.15) is 39.2 Å². The molecule has 2 rings (SSSR count). The molecule has 108 valence electrons. The Morgan fingerprint density at radius 3 is 2.75 bits per heavy atom. The normalized spacial score (nSPS) is 12.6. The molecule has 0 bridgehead atoms. The number of benzene rings is 1. The van der Waals surface area contributed by atoms with Crippen LogP contribution >= 0.6 is 23.2 Å². The standard InChI is InChI=1S/C13H17Cl2N5/c1-3-4-5-8(2)20-13(17-18-19-20)9-6-10(14)12(15)11(16)7-9/h6-8H,3-5,16H2,1-2H3. The van der Waals surface area contributed by atoms with Crippen molar-refractivity contribution in [1.82, 2.24) is 20.2 Å². The third kappa shape index (κ3) is 3.04. The second-order valence-electron chi connectivity index (χ2n) is 4.80. The highest BCUT2D eigenvalue weighted by molar-refractivity contribution is 6.43. The van der Waals surface area contributed by atoms with E-state index in [-0.39, 0.29) is 6.04 Å². The average molecular weight is 314 g/mol. The minimum atomic E-state index is 0.218. The Kier molecular flexibility index (Phi) is 4.83. The molecule has 0 saturated carbocycles. The Hall–Kier alpha value is -1.33. The molecule has 5 nitrogen and oxygen atoms in total. The molecule has 2 N–H and O–H groups in total. The number of halogens is 2. The lowest BCUT2D eigenvalue weighted by Crippen LogP contribution is -2.09. The van der Waals surface area contributed by atoms with Crippen molar-refractivity contribution >= 4 is 28.9 Å². The predicted octanol–water partition coefficient (Wildman–Crippen LogP) is 3.98. The Morgan fingerprint density at radius 2 is 2.10 bits per heavy atom. The highest BCUT2D eigenvalue weighted by Gasteiger charge is 2.16. The van der Waals surface area contributed by atoms with E-state index in [0.717, 1.165) is 24.8 Å². The summed E-state index contributed by atoms with van der Waals surface area (Å²) in [6, 6.07) is 3.69. The summed E-state index contributed by atoms with van der Waals surface area (Å²) in [6.45, 7) is 4.25. The minimum absolute atomic E-state index is 0.218. The maximum absolute atomic E-state index is 6.06. The van der Waals surface area contributed by atoms with E-state index in [2.05, 4.69) is 29.4 Å². The summed E-state index contributed by atoms with van der Waals surface area (Å²) >= 11 is 12.0. The second kappa shape index (κ2) is 6.41. The van der Waals surface area contributed by atoms with E-state index in [1.807, 2.05) is 0 Å². The fraction of sp³-hybridized carbons (Fsp3) is 0.462. The number of rotatable bonds is 5. The number of hydrogen-bond acceptors (Lipinski definition) is 4. The van der Waals surface area contributed by atoms with Gasteiger partial charge in [-0.05, 0) is 35.9 Å². The van der Waals surface area contributed by atoms with E-state index in [1.165, 1.54) is 0 Å². The molecule has 0 radical (unpaired) electrons. The fourth-order valence-corrected chi connectivity index (χ4v) is 2.38. The van der Waals surface area contributed by atoms with Gasteiger partial charge in [-0.3, -0.25) is 0 Å². The molecule has 1 aromatic carbocycles. The van der Waals surface area contributed by atoms with Crippen LogP contribution in [0.3, 0.4) is 0 Å². The van der Waals surface area contributed by atoms with Gasteiger partial charge >= 0.3 is 0 Å². The zero-order valence-corrected chi connectivity index (χ0v) is 13.0. The number of nitrogen functional groups attached to an aromatic ring is 1. The third-order valence-electron chi connectivity index (χ3n) is 3.20. The Balaban J connectivity index is 2.37. The summed E-state index contributed by atoms with van der Waals surface area (Å²) in [5.41, 5.74) is 7.03. The first-order valence-electron chi connectivity index (χ1n) is 6.57. The second-order valence-corrected chi connectivity index (χ2v) is 5.58. The van der Waals surface area contributed by atoms with Gasteiger partial charge in [-0.15, -0.1) is 5.10 Å². The van der Waals surface area contributed by atoms with Crippen molar-refractivity contribution in [2.45, 2.75) is 39.2 Å². The van der Waals surface area contributed by atoms with Crippen LogP contribution in [0.5, 0.6) is 0 Å². The van der Waals surface area contributed by atoms with Gasteiger partial charge in [-0.2, -0.15) is 0 Å². The van der Waals surface area contributed by atoms with Crippen LogP contribution in [-0.4, -0.2) is 20.2 Å². The number of unbranched alkanes of at least 4 members (excludes halogenated alkanes) is 1. The van der Waals surface area contributed by atoms with Gasteiger partial charge in [0, 0.05) is 5.56 Å². The number of tetrazole rings is 1. The van der Waals surface area contributed by atoms with Crippen molar-refractivity contribution in [3.63, 3.8) is 0 Å². The Bertz CT molecular complexity index is 573. The van der Waals surface area contributed by atoms with E-state index in [4.69, 9.17) is 28.9 Å². The molecule has 0 amide bonds. The molecule has 0 aliphatic carbocycles. The lowest BCUT2D eigenvalue weighted by Gasteiger charge is -2.13. The van der Waals surface area contributed by atoms with Crippen molar-refractivity contribution in [2.75, 3.05) is 5.73 Å². The lowest BCUT2D eigenvalue weighted by molar-refractivity contribution is 0.437. The molecule has 7 heteroatoms. The third-order valence-corrected chi connectivity index (χ3v) is 4.02. The molecule has 2 aromatic rings. The molecular weight excluding hydrogens is 297 g/mol. The lowest BCUT2D eigenvalue weighted by atomic mass is 10.1. The highest BCUT2D eigenvalue weighted by Crippen LogP contribution is 2.33. The molecule has 0 aliphatic heterocycles. The zero-order valence-electron chi connectivity index (χ0n) is 11.5. The van der Waals surface area contributed by atoms with Gasteiger partial charge in [0.1, 0.15) is 0 Å². The van der Waals surface area contributed by atoms with E-state index < -0.39 is 0 Å². The van der Waals surface area contributed by atoms with Crippen LogP contribution in [0.2, 0.25) is 10.0 Å². The monoisotopic (exact) mass is 313 g/mol. The van der Waals surface area contributed by atoms with E-state index in [9.17, 15) is 0 Å². The summed E-state index contributed by atoms with van der Waals surface area (Å²) in [5.74, 6) is 0.652. The molecule has 0 fully saturated rings. The summed E-state index contributed by atoms with van der Waals surface area (Å²) in [5, 5.41) is 12.6. The van der Waals surface area contributed by atoms with Gasteiger partial charge in [-0.25, -0.2) is 4.68 Å². The smallest absolute Gasteiger partial charge is 0.182 e. The van der Waals surface area contributed by atoms with E-state index >= 15 is 0 Å². The quantitative estimate of drug-likeness (QED) is 0.847. The molecule has 1 heterocycles. The number of aromatic nitrogens is 4. The maximum atomic E-state index is 6.06. The van der Waals surface area contributed by atoms with Crippen LogP contribution in [0.15, 0.2) is 12.1 Å². The van der Waals surface area contributed by atoms with Gasteiger partial charge in [0.15, 0.2) is 5.82 Å². The van der Waals surface area contributed by atoms with Gasteiger partial charge < -0.3 is 5.73 Å². The van der Waals surface area contributed by atoms with Gasteiger partial charge in [0.2, 0.25) is 0 Å². The minimum Gasteiger partial charge on any atom is -0.397 e. The largest absolute Gasteiger partial charge is 0.397 e. The molecular formula is C13H17Cl2N5. The fourth-order valence-electron chi connectivity index (χ4n) is 2.04. The predicted molar refractivity (Wildman–Crippen MR) is 81.9 cm³/mol.